The Bertz CT molecular complexity index is 117. The molecule has 0 atom stereocenters. The van der Waals surface area contributed by atoms with Crippen LogP contribution < -0.4 is 0 Å². The Morgan fingerprint density at radius 2 is 1.67 bits per heavy atom. The number of carbonyl (C=O) groups is 1. The number of piperidine rings is 1. The van der Waals surface area contributed by atoms with Crippen molar-refractivity contribution in [3.8, 4) is 0 Å². The van der Waals surface area contributed by atoms with Crippen LogP contribution in [0, 0.1) is 0 Å². The van der Waals surface area contributed by atoms with Gasteiger partial charge in [-0.1, -0.05) is 0 Å². The number of likely N-dealkylation sites (tertiary alicyclic amines) is 1. The average Bonchev–Trinajstić information content (AvgIpc) is 1.78. The first-order valence-corrected chi connectivity index (χ1v) is 3.44. The maximum absolute atomic E-state index is 10.7. The van der Waals surface area contributed by atoms with Crippen molar-refractivity contribution in [2.24, 2.45) is 0 Å². The normalized spacial score (nSPS) is 26.2. The van der Waals surface area contributed by atoms with Crippen LogP contribution in [0.2, 0.25) is 0 Å². The summed E-state index contributed by atoms with van der Waals surface area (Å²) < 4.78 is 1.02. The fourth-order valence-electron chi connectivity index (χ4n) is 1.09. The first-order chi connectivity index (χ1) is 4.10. The molecule has 52 valence electrons. The lowest BCUT2D eigenvalue weighted by molar-refractivity contribution is -0.891. The molecule has 1 fully saturated rings. The van der Waals surface area contributed by atoms with E-state index < -0.39 is 0 Å². The molecule has 0 unspecified atom stereocenters. The molecule has 0 amide bonds. The van der Waals surface area contributed by atoms with Gasteiger partial charge in [0, 0.05) is 0 Å². The van der Waals surface area contributed by atoms with E-state index >= 15 is 0 Å². The fourth-order valence-corrected chi connectivity index (χ4v) is 1.09. The van der Waals surface area contributed by atoms with E-state index in [2.05, 4.69) is 14.1 Å². The molecule has 1 aliphatic heterocycles. The van der Waals surface area contributed by atoms with Crippen LogP contribution in [0.4, 0.5) is 0 Å². The molecule has 0 aromatic heterocycles. The lowest BCUT2D eigenvalue weighted by atomic mass is 10.1. The maximum Gasteiger partial charge on any atom is 0.144 e. The largest absolute Gasteiger partial charge is 0.328 e. The SMILES string of the molecule is C[N+]1(C)CCC(=O)CC1. The minimum atomic E-state index is 0.437. The number of hydrogen-bond acceptors (Lipinski definition) is 1. The Labute approximate surface area is 56.1 Å². The molecule has 1 saturated heterocycles. The highest BCUT2D eigenvalue weighted by Crippen LogP contribution is 2.09. The number of ketones is 1. The van der Waals surface area contributed by atoms with E-state index in [1.165, 1.54) is 0 Å². The van der Waals surface area contributed by atoms with Crippen LogP contribution in [0.5, 0.6) is 0 Å². The van der Waals surface area contributed by atoms with E-state index in [9.17, 15) is 4.79 Å². The number of Topliss-reactive ketones (excluding diaryl/α,β-unsaturated/α-hetero) is 1. The van der Waals surface area contributed by atoms with Gasteiger partial charge >= 0.3 is 0 Å². The van der Waals surface area contributed by atoms with Crippen LogP contribution in [0.1, 0.15) is 12.8 Å². The molecule has 2 heteroatoms. The topological polar surface area (TPSA) is 17.1 Å². The Morgan fingerprint density at radius 3 is 2.00 bits per heavy atom. The molecule has 0 aliphatic carbocycles. The van der Waals surface area contributed by atoms with Crippen molar-refractivity contribution >= 4 is 5.78 Å². The summed E-state index contributed by atoms with van der Waals surface area (Å²) >= 11 is 0. The van der Waals surface area contributed by atoms with Crippen LogP contribution in [-0.2, 0) is 4.79 Å². The molecule has 0 spiro atoms. The van der Waals surface area contributed by atoms with Gasteiger partial charge in [-0.2, -0.15) is 0 Å². The van der Waals surface area contributed by atoms with E-state index in [1.54, 1.807) is 0 Å². The molecule has 0 aromatic carbocycles. The van der Waals surface area contributed by atoms with Gasteiger partial charge in [0.25, 0.3) is 0 Å². The Kier molecular flexibility index (Phi) is 1.58. The molecular weight excluding hydrogens is 114 g/mol. The summed E-state index contributed by atoms with van der Waals surface area (Å²) in [7, 11) is 4.35. The summed E-state index contributed by atoms with van der Waals surface area (Å²) in [4.78, 5) is 10.7. The van der Waals surface area contributed by atoms with E-state index in [1.807, 2.05) is 0 Å². The molecule has 1 aliphatic rings. The summed E-state index contributed by atoms with van der Waals surface area (Å²) in [6.45, 7) is 2.05. The molecule has 0 N–H and O–H groups in total. The number of hydrogen-bond donors (Lipinski definition) is 0. The molecule has 9 heavy (non-hydrogen) atoms. The minimum absolute atomic E-state index is 0.437. The summed E-state index contributed by atoms with van der Waals surface area (Å²) in [6.07, 6.45) is 1.57. The van der Waals surface area contributed by atoms with Crippen molar-refractivity contribution in [1.29, 1.82) is 0 Å². The second-order valence-electron chi connectivity index (χ2n) is 3.42. The zero-order chi connectivity index (χ0) is 6.91. The summed E-state index contributed by atoms with van der Waals surface area (Å²) in [5, 5.41) is 0. The van der Waals surface area contributed by atoms with Crippen LogP contribution in [0.15, 0.2) is 0 Å². The number of nitrogens with zero attached hydrogens (tertiary/aromatic N) is 1. The number of rotatable bonds is 0. The van der Waals surface area contributed by atoms with Crippen LogP contribution in [0.25, 0.3) is 0 Å². The Balaban J connectivity index is 2.44. The fraction of sp³-hybridized carbons (Fsp3) is 0.857. The van der Waals surface area contributed by atoms with Gasteiger partial charge in [0.2, 0.25) is 0 Å². The average molecular weight is 128 g/mol. The first-order valence-electron chi connectivity index (χ1n) is 3.44. The molecule has 0 saturated carbocycles. The van der Waals surface area contributed by atoms with Crippen LogP contribution in [0.3, 0.4) is 0 Å². The number of quaternary nitrogens is 1. The maximum atomic E-state index is 10.7. The highest BCUT2D eigenvalue weighted by molar-refractivity contribution is 5.78. The predicted molar refractivity (Wildman–Crippen MR) is 36.1 cm³/mol. The van der Waals surface area contributed by atoms with Crippen molar-refractivity contribution in [2.75, 3.05) is 27.2 Å². The van der Waals surface area contributed by atoms with Gasteiger partial charge in [0.15, 0.2) is 0 Å². The second kappa shape index (κ2) is 2.10. The van der Waals surface area contributed by atoms with Crippen molar-refractivity contribution in [2.45, 2.75) is 12.8 Å². The Morgan fingerprint density at radius 1 is 1.22 bits per heavy atom. The van der Waals surface area contributed by atoms with Crippen molar-refractivity contribution in [1.82, 2.24) is 0 Å². The van der Waals surface area contributed by atoms with Gasteiger partial charge in [-0.3, -0.25) is 4.79 Å². The third-order valence-corrected chi connectivity index (χ3v) is 1.99. The van der Waals surface area contributed by atoms with E-state index in [0.717, 1.165) is 30.4 Å². The highest BCUT2D eigenvalue weighted by Gasteiger charge is 2.23. The first kappa shape index (κ1) is 6.75. The predicted octanol–water partition coefficient (Wildman–Crippen LogP) is 0.426. The molecule has 1 heterocycles. The lowest BCUT2D eigenvalue weighted by Gasteiger charge is -2.32. The van der Waals surface area contributed by atoms with Crippen molar-refractivity contribution < 1.29 is 9.28 Å². The molecule has 0 bridgehead atoms. The minimum Gasteiger partial charge on any atom is -0.328 e. The smallest absolute Gasteiger partial charge is 0.144 e. The van der Waals surface area contributed by atoms with E-state index in [4.69, 9.17) is 0 Å². The monoisotopic (exact) mass is 128 g/mol. The second-order valence-corrected chi connectivity index (χ2v) is 3.42. The van der Waals surface area contributed by atoms with Gasteiger partial charge in [0.05, 0.1) is 40.0 Å². The third kappa shape index (κ3) is 1.79. The standard InChI is InChI=1S/C7H14NO/c1-8(2)5-3-7(9)4-6-8/h3-6H2,1-2H3/q+1. The highest BCUT2D eigenvalue weighted by atomic mass is 16.1. The molecule has 2 nitrogen and oxygen atoms in total. The van der Waals surface area contributed by atoms with Gasteiger partial charge in [-0.15, -0.1) is 0 Å². The van der Waals surface area contributed by atoms with Gasteiger partial charge in [-0.05, 0) is 0 Å². The van der Waals surface area contributed by atoms with Crippen molar-refractivity contribution in [3.05, 3.63) is 0 Å². The zero-order valence-corrected chi connectivity index (χ0v) is 6.18. The molecular formula is C7H14NO+. The van der Waals surface area contributed by atoms with Crippen LogP contribution >= 0.6 is 0 Å². The molecule has 0 radical (unpaired) electrons. The molecule has 0 aromatic rings. The summed E-state index contributed by atoms with van der Waals surface area (Å²) in [5.41, 5.74) is 0. The molecule has 1 rings (SSSR count). The van der Waals surface area contributed by atoms with Crippen molar-refractivity contribution in [3.63, 3.8) is 0 Å². The lowest BCUT2D eigenvalue weighted by Crippen LogP contribution is -2.46. The summed E-state index contributed by atoms with van der Waals surface area (Å²) in [5.74, 6) is 0.437. The number of carbonyl (C=O) groups excluding carboxylic acids is 1. The Hall–Kier alpha value is -0.370. The van der Waals surface area contributed by atoms with E-state index in [-0.39, 0.29) is 0 Å². The van der Waals surface area contributed by atoms with Crippen LogP contribution in [-0.4, -0.2) is 37.5 Å². The van der Waals surface area contributed by atoms with E-state index in [0.29, 0.717) is 5.78 Å². The van der Waals surface area contributed by atoms with Gasteiger partial charge < -0.3 is 4.48 Å². The third-order valence-electron chi connectivity index (χ3n) is 1.99. The van der Waals surface area contributed by atoms with Gasteiger partial charge in [0.1, 0.15) is 5.78 Å². The summed E-state index contributed by atoms with van der Waals surface area (Å²) in [6, 6.07) is 0. The van der Waals surface area contributed by atoms with Gasteiger partial charge in [-0.25, -0.2) is 0 Å². The quantitative estimate of drug-likeness (QED) is 0.432. The zero-order valence-electron chi connectivity index (χ0n) is 6.18.